The van der Waals surface area contributed by atoms with Gasteiger partial charge in [-0.15, -0.1) is 0 Å². The van der Waals surface area contributed by atoms with Gasteiger partial charge in [-0.2, -0.15) is 0 Å². The second kappa shape index (κ2) is 4.37. The van der Waals surface area contributed by atoms with E-state index in [1.807, 2.05) is 30.9 Å². The smallest absolute Gasteiger partial charge is 0.320 e. The summed E-state index contributed by atoms with van der Waals surface area (Å²) < 4.78 is 5.68. The summed E-state index contributed by atoms with van der Waals surface area (Å²) in [4.78, 5) is 12.8. The summed E-state index contributed by atoms with van der Waals surface area (Å²) in [5, 5.41) is 9.01. The van der Waals surface area contributed by atoms with Gasteiger partial charge in [-0.05, 0) is 31.9 Å². The van der Waals surface area contributed by atoms with Gasteiger partial charge in [0, 0.05) is 12.1 Å². The Labute approximate surface area is 101 Å². The van der Waals surface area contributed by atoms with E-state index in [1.54, 1.807) is 6.92 Å². The fourth-order valence-corrected chi connectivity index (χ4v) is 2.04. The minimum Gasteiger partial charge on any atom is -0.480 e. The third-order valence-corrected chi connectivity index (χ3v) is 3.33. The molecule has 0 bridgehead atoms. The first kappa shape index (κ1) is 11.9. The molecule has 1 heterocycles. The lowest BCUT2D eigenvalue weighted by molar-refractivity contribution is -0.144. The number of benzene rings is 1. The van der Waals surface area contributed by atoms with E-state index in [0.717, 1.165) is 22.4 Å². The molecule has 1 aromatic rings. The van der Waals surface area contributed by atoms with Gasteiger partial charge in [-0.1, -0.05) is 12.1 Å². The Balaban J connectivity index is 2.30. The quantitative estimate of drug-likeness (QED) is 0.851. The average Bonchev–Trinajstić information content (AvgIpc) is 2.32. The first-order chi connectivity index (χ1) is 8.00. The van der Waals surface area contributed by atoms with Crippen LogP contribution in [0.2, 0.25) is 0 Å². The lowest BCUT2D eigenvalue weighted by atomic mass is 10.0. The first-order valence-electron chi connectivity index (χ1n) is 5.69. The van der Waals surface area contributed by atoms with E-state index in [0.29, 0.717) is 13.3 Å². The average molecular weight is 235 g/mol. The largest absolute Gasteiger partial charge is 0.480 e. The van der Waals surface area contributed by atoms with Crippen LogP contribution in [-0.2, 0) is 11.3 Å². The molecule has 0 amide bonds. The minimum atomic E-state index is -0.817. The van der Waals surface area contributed by atoms with Crippen LogP contribution in [0, 0.1) is 13.8 Å². The number of carboxylic acid groups (broad SMARTS) is 1. The fourth-order valence-electron chi connectivity index (χ4n) is 2.04. The van der Waals surface area contributed by atoms with Crippen LogP contribution in [0.5, 0.6) is 5.75 Å². The number of ether oxygens (including phenoxy) is 1. The fraction of sp³-hybridized carbons (Fsp3) is 0.462. The molecule has 0 spiro atoms. The van der Waals surface area contributed by atoms with E-state index in [-0.39, 0.29) is 0 Å². The number of nitrogens with zero attached hydrogens (tertiary/aromatic N) is 1. The molecule has 0 saturated carbocycles. The van der Waals surface area contributed by atoms with E-state index in [1.165, 1.54) is 0 Å². The maximum absolute atomic E-state index is 11.0. The molecule has 1 unspecified atom stereocenters. The summed E-state index contributed by atoms with van der Waals surface area (Å²) in [6, 6.07) is 3.56. The Hall–Kier alpha value is -1.55. The predicted octanol–water partition coefficient (Wildman–Crippen LogP) is 1.93. The molecule has 1 aromatic carbocycles. The van der Waals surface area contributed by atoms with Crippen molar-refractivity contribution < 1.29 is 14.6 Å². The van der Waals surface area contributed by atoms with Crippen LogP contribution >= 0.6 is 0 Å². The second-order valence-electron chi connectivity index (χ2n) is 4.54. The second-order valence-corrected chi connectivity index (χ2v) is 4.54. The molecule has 1 atom stereocenters. The van der Waals surface area contributed by atoms with Gasteiger partial charge < -0.3 is 9.84 Å². The Kier molecular flexibility index (Phi) is 3.07. The molecule has 1 N–H and O–H groups in total. The van der Waals surface area contributed by atoms with Gasteiger partial charge >= 0.3 is 5.97 Å². The summed E-state index contributed by atoms with van der Waals surface area (Å²) in [5.41, 5.74) is 3.35. The van der Waals surface area contributed by atoms with Crippen LogP contribution in [0.15, 0.2) is 12.1 Å². The number of carbonyl (C=O) groups is 1. The number of rotatable bonds is 2. The molecule has 2 rings (SSSR count). The highest BCUT2D eigenvalue weighted by molar-refractivity contribution is 5.73. The van der Waals surface area contributed by atoms with Crippen LogP contribution < -0.4 is 4.74 Å². The molecule has 1 aliphatic rings. The van der Waals surface area contributed by atoms with Crippen molar-refractivity contribution in [2.45, 2.75) is 33.4 Å². The zero-order valence-corrected chi connectivity index (χ0v) is 10.4. The molecule has 4 heteroatoms. The molecule has 0 saturated heterocycles. The summed E-state index contributed by atoms with van der Waals surface area (Å²) in [7, 11) is 0. The van der Waals surface area contributed by atoms with Gasteiger partial charge in [0.25, 0.3) is 0 Å². The summed E-state index contributed by atoms with van der Waals surface area (Å²) >= 11 is 0. The molecular formula is C13H17NO3. The zero-order chi connectivity index (χ0) is 12.6. The van der Waals surface area contributed by atoms with Gasteiger partial charge in [0.05, 0.1) is 0 Å². The monoisotopic (exact) mass is 235 g/mol. The molecule has 0 fully saturated rings. The number of aliphatic carboxylic acids is 1. The van der Waals surface area contributed by atoms with E-state index in [4.69, 9.17) is 9.84 Å². The van der Waals surface area contributed by atoms with Crippen molar-refractivity contribution in [1.82, 2.24) is 4.90 Å². The van der Waals surface area contributed by atoms with E-state index < -0.39 is 12.0 Å². The molecular weight excluding hydrogens is 218 g/mol. The summed E-state index contributed by atoms with van der Waals surface area (Å²) in [5.74, 6) is 0.0983. The van der Waals surface area contributed by atoms with Gasteiger partial charge in [0.1, 0.15) is 18.5 Å². The van der Waals surface area contributed by atoms with Crippen molar-refractivity contribution in [2.75, 3.05) is 6.73 Å². The Bertz CT molecular complexity index is 456. The summed E-state index contributed by atoms with van der Waals surface area (Å²) in [6.07, 6.45) is 0. The van der Waals surface area contributed by atoms with Crippen LogP contribution in [-0.4, -0.2) is 28.7 Å². The van der Waals surface area contributed by atoms with Crippen molar-refractivity contribution in [3.63, 3.8) is 0 Å². The zero-order valence-electron chi connectivity index (χ0n) is 10.4. The molecule has 4 nitrogen and oxygen atoms in total. The third-order valence-electron chi connectivity index (χ3n) is 3.33. The standard InChI is InChI=1S/C13H17NO3/c1-8-4-5-9(2)12-11(8)6-14(7-17-12)10(3)13(15)16/h4-5,10H,6-7H2,1-3H3,(H,15,16). The minimum absolute atomic E-state index is 0.338. The normalized spacial score (nSPS) is 17.1. The Morgan fingerprint density at radius 1 is 1.41 bits per heavy atom. The van der Waals surface area contributed by atoms with E-state index >= 15 is 0 Å². The molecule has 17 heavy (non-hydrogen) atoms. The Morgan fingerprint density at radius 2 is 2.06 bits per heavy atom. The molecule has 0 aliphatic carbocycles. The van der Waals surface area contributed by atoms with Crippen LogP contribution in [0.3, 0.4) is 0 Å². The molecule has 1 aliphatic heterocycles. The van der Waals surface area contributed by atoms with Crippen molar-refractivity contribution in [3.05, 3.63) is 28.8 Å². The highest BCUT2D eigenvalue weighted by Crippen LogP contribution is 2.31. The van der Waals surface area contributed by atoms with Crippen LogP contribution in [0.4, 0.5) is 0 Å². The highest BCUT2D eigenvalue weighted by atomic mass is 16.5. The number of aryl methyl sites for hydroxylation is 2. The number of hydrogen-bond acceptors (Lipinski definition) is 3. The first-order valence-corrected chi connectivity index (χ1v) is 5.69. The van der Waals surface area contributed by atoms with Crippen LogP contribution in [0.1, 0.15) is 23.6 Å². The topological polar surface area (TPSA) is 49.8 Å². The predicted molar refractivity (Wildman–Crippen MR) is 64.1 cm³/mol. The molecule has 92 valence electrons. The maximum atomic E-state index is 11.0. The van der Waals surface area contributed by atoms with E-state index in [2.05, 4.69) is 0 Å². The van der Waals surface area contributed by atoms with Crippen molar-refractivity contribution in [1.29, 1.82) is 0 Å². The number of carboxylic acids is 1. The van der Waals surface area contributed by atoms with Gasteiger partial charge in [0.15, 0.2) is 0 Å². The lowest BCUT2D eigenvalue weighted by Crippen LogP contribution is -2.43. The van der Waals surface area contributed by atoms with Gasteiger partial charge in [-0.25, -0.2) is 0 Å². The third kappa shape index (κ3) is 2.13. The van der Waals surface area contributed by atoms with Crippen molar-refractivity contribution in [2.24, 2.45) is 0 Å². The highest BCUT2D eigenvalue weighted by Gasteiger charge is 2.27. The van der Waals surface area contributed by atoms with Crippen molar-refractivity contribution >= 4 is 5.97 Å². The van der Waals surface area contributed by atoms with Crippen molar-refractivity contribution in [3.8, 4) is 5.75 Å². The van der Waals surface area contributed by atoms with Gasteiger partial charge in [0.2, 0.25) is 0 Å². The van der Waals surface area contributed by atoms with Gasteiger partial charge in [-0.3, -0.25) is 9.69 Å². The molecule has 0 aromatic heterocycles. The van der Waals surface area contributed by atoms with E-state index in [9.17, 15) is 4.79 Å². The Morgan fingerprint density at radius 3 is 2.71 bits per heavy atom. The summed E-state index contributed by atoms with van der Waals surface area (Å²) in [6.45, 7) is 6.69. The SMILES string of the molecule is Cc1ccc(C)c2c1CN(C(C)C(=O)O)CO2. The lowest BCUT2D eigenvalue weighted by Gasteiger charge is -2.33. The number of fused-ring (bicyclic) bond motifs is 1. The van der Waals surface area contributed by atoms with Crippen LogP contribution in [0.25, 0.3) is 0 Å². The maximum Gasteiger partial charge on any atom is 0.320 e. The number of hydrogen-bond donors (Lipinski definition) is 1. The molecule has 0 radical (unpaired) electrons.